The second-order valence-electron chi connectivity index (χ2n) is 6.31. The number of ether oxygens (including phenoxy) is 1. The van der Waals surface area contributed by atoms with Crippen LogP contribution in [-0.4, -0.2) is 6.61 Å². The molecule has 0 atom stereocenters. The lowest BCUT2D eigenvalue weighted by molar-refractivity contribution is 0.344. The Morgan fingerprint density at radius 2 is 1.87 bits per heavy atom. The van der Waals surface area contributed by atoms with Gasteiger partial charge in [-0.2, -0.15) is 0 Å². The van der Waals surface area contributed by atoms with Crippen LogP contribution in [0.15, 0.2) is 55.6 Å². The van der Waals surface area contributed by atoms with E-state index in [-0.39, 0.29) is 11.6 Å². The average molecular weight is 310 g/mol. The Hall–Kier alpha value is -2.09. The van der Waals surface area contributed by atoms with Gasteiger partial charge in [-0.05, 0) is 54.5 Å². The minimum atomic E-state index is -0.286. The van der Waals surface area contributed by atoms with Crippen molar-refractivity contribution in [1.29, 1.82) is 0 Å². The first-order valence-electron chi connectivity index (χ1n) is 8.31. The highest BCUT2D eigenvalue weighted by Gasteiger charge is 2.21. The molecule has 1 aliphatic carbocycles. The fourth-order valence-electron chi connectivity index (χ4n) is 3.49. The molecule has 0 heterocycles. The van der Waals surface area contributed by atoms with Crippen LogP contribution >= 0.6 is 0 Å². The van der Waals surface area contributed by atoms with Crippen LogP contribution in [-0.2, 0) is 0 Å². The van der Waals surface area contributed by atoms with Crippen molar-refractivity contribution in [2.24, 2.45) is 5.92 Å². The zero-order valence-corrected chi connectivity index (χ0v) is 13.4. The molecule has 23 heavy (non-hydrogen) atoms. The van der Waals surface area contributed by atoms with Crippen molar-refractivity contribution >= 4 is 10.8 Å². The highest BCUT2D eigenvalue weighted by molar-refractivity contribution is 5.85. The summed E-state index contributed by atoms with van der Waals surface area (Å²) in [6.07, 6.45) is 8.48. The maximum absolute atomic E-state index is 14.5. The van der Waals surface area contributed by atoms with Crippen molar-refractivity contribution in [3.05, 3.63) is 67.0 Å². The molecule has 1 nitrogen and oxygen atoms in total. The third kappa shape index (κ3) is 3.31. The lowest BCUT2D eigenvalue weighted by Gasteiger charge is -2.27. The van der Waals surface area contributed by atoms with Crippen LogP contribution in [0.5, 0.6) is 5.75 Å². The number of allylic oxidation sites excluding steroid dienone is 1. The van der Waals surface area contributed by atoms with Gasteiger partial charge in [0.05, 0.1) is 0 Å². The summed E-state index contributed by atoms with van der Waals surface area (Å²) in [4.78, 5) is 0. The highest BCUT2D eigenvalue weighted by atomic mass is 19.1. The fraction of sp³-hybridized carbons (Fsp3) is 0.333. The van der Waals surface area contributed by atoms with Gasteiger partial charge in [-0.3, -0.25) is 0 Å². The maximum Gasteiger partial charge on any atom is 0.172 e. The maximum atomic E-state index is 14.5. The van der Waals surface area contributed by atoms with Crippen molar-refractivity contribution in [2.45, 2.75) is 31.6 Å². The van der Waals surface area contributed by atoms with Gasteiger partial charge in [0.1, 0.15) is 6.61 Å². The van der Waals surface area contributed by atoms with Gasteiger partial charge >= 0.3 is 0 Å². The second kappa shape index (κ2) is 6.99. The van der Waals surface area contributed by atoms with Gasteiger partial charge in [0, 0.05) is 5.39 Å². The van der Waals surface area contributed by atoms with Crippen LogP contribution in [0, 0.1) is 11.7 Å². The van der Waals surface area contributed by atoms with Crippen molar-refractivity contribution in [3.63, 3.8) is 0 Å². The van der Waals surface area contributed by atoms with Crippen LogP contribution in [0.2, 0.25) is 0 Å². The van der Waals surface area contributed by atoms with E-state index in [4.69, 9.17) is 4.74 Å². The zero-order valence-electron chi connectivity index (χ0n) is 13.4. The lowest BCUT2D eigenvalue weighted by atomic mass is 9.78. The first-order chi connectivity index (χ1) is 11.2. The Balaban J connectivity index is 1.85. The SMILES string of the molecule is C=CCOc1ccc2cc(C3CCC(C=C)CC3)ccc2c1F. The normalized spacial score (nSPS) is 21.1. The predicted molar refractivity (Wildman–Crippen MR) is 94.5 cm³/mol. The first-order valence-corrected chi connectivity index (χ1v) is 8.31. The molecule has 0 aliphatic heterocycles. The van der Waals surface area contributed by atoms with Crippen LogP contribution in [0.4, 0.5) is 4.39 Å². The number of rotatable bonds is 5. The van der Waals surface area contributed by atoms with Gasteiger partial charge in [0.2, 0.25) is 0 Å². The summed E-state index contributed by atoms with van der Waals surface area (Å²) in [5.41, 5.74) is 1.32. The Morgan fingerprint density at radius 3 is 2.57 bits per heavy atom. The van der Waals surface area contributed by atoms with Crippen LogP contribution < -0.4 is 4.74 Å². The monoisotopic (exact) mass is 310 g/mol. The molecule has 0 radical (unpaired) electrons. The Kier molecular flexibility index (Phi) is 4.80. The number of hydrogen-bond acceptors (Lipinski definition) is 1. The Bertz CT molecular complexity index is 711. The number of fused-ring (bicyclic) bond motifs is 1. The molecule has 2 aromatic carbocycles. The van der Waals surface area contributed by atoms with Gasteiger partial charge in [-0.15, -0.1) is 6.58 Å². The summed E-state index contributed by atoms with van der Waals surface area (Å²) in [5, 5.41) is 1.56. The van der Waals surface area contributed by atoms with Crippen molar-refractivity contribution in [3.8, 4) is 5.75 Å². The molecule has 0 amide bonds. The average Bonchev–Trinajstić information content (AvgIpc) is 2.61. The summed E-state index contributed by atoms with van der Waals surface area (Å²) in [7, 11) is 0. The summed E-state index contributed by atoms with van der Waals surface area (Å²) in [6.45, 7) is 7.80. The van der Waals surface area contributed by atoms with E-state index in [1.54, 1.807) is 12.1 Å². The van der Waals surface area contributed by atoms with E-state index >= 15 is 0 Å². The van der Waals surface area contributed by atoms with Gasteiger partial charge in [-0.25, -0.2) is 4.39 Å². The largest absolute Gasteiger partial charge is 0.486 e. The van der Waals surface area contributed by atoms with Gasteiger partial charge < -0.3 is 4.74 Å². The summed E-state index contributed by atoms with van der Waals surface area (Å²) in [6, 6.07) is 9.74. The second-order valence-corrected chi connectivity index (χ2v) is 6.31. The molecule has 0 bridgehead atoms. The van der Waals surface area contributed by atoms with E-state index in [1.165, 1.54) is 31.2 Å². The fourth-order valence-corrected chi connectivity index (χ4v) is 3.49. The van der Waals surface area contributed by atoms with E-state index in [0.717, 1.165) is 5.39 Å². The quantitative estimate of drug-likeness (QED) is 0.615. The van der Waals surface area contributed by atoms with Crippen LogP contribution in [0.1, 0.15) is 37.2 Å². The van der Waals surface area contributed by atoms with Crippen LogP contribution in [0.25, 0.3) is 10.8 Å². The highest BCUT2D eigenvalue weighted by Crippen LogP contribution is 2.37. The molecular formula is C21H23FO. The minimum absolute atomic E-state index is 0.286. The summed E-state index contributed by atoms with van der Waals surface area (Å²) in [5.74, 6) is 1.24. The topological polar surface area (TPSA) is 9.23 Å². The molecule has 0 unspecified atom stereocenters. The molecule has 3 rings (SSSR count). The Labute approximate surface area is 137 Å². The third-order valence-electron chi connectivity index (χ3n) is 4.88. The molecule has 2 heteroatoms. The van der Waals surface area contributed by atoms with Gasteiger partial charge in [0.25, 0.3) is 0 Å². The molecule has 0 aromatic heterocycles. The van der Waals surface area contributed by atoms with Crippen LogP contribution in [0.3, 0.4) is 0 Å². The molecule has 120 valence electrons. The zero-order chi connectivity index (χ0) is 16.2. The standard InChI is InChI=1S/C21H23FO/c1-3-13-23-20-12-10-18-14-17(9-11-19(18)21(20)22)16-7-5-15(4-2)6-8-16/h3-4,9-12,14-16H,1-2,5-8,13H2. The lowest BCUT2D eigenvalue weighted by Crippen LogP contribution is -2.11. The molecule has 1 fully saturated rings. The predicted octanol–water partition coefficient (Wildman–Crippen LogP) is 6.00. The van der Waals surface area contributed by atoms with E-state index in [2.05, 4.69) is 31.4 Å². The summed E-state index contributed by atoms with van der Waals surface area (Å²) < 4.78 is 19.9. The minimum Gasteiger partial charge on any atom is -0.486 e. The number of hydrogen-bond donors (Lipinski definition) is 0. The molecular weight excluding hydrogens is 287 g/mol. The smallest absolute Gasteiger partial charge is 0.172 e. The molecule has 1 aliphatic rings. The molecule has 0 N–H and O–H groups in total. The van der Waals surface area contributed by atoms with Crippen molar-refractivity contribution in [1.82, 2.24) is 0 Å². The van der Waals surface area contributed by atoms with E-state index in [9.17, 15) is 4.39 Å². The van der Waals surface area contributed by atoms with Gasteiger partial charge in [-0.1, -0.05) is 43.0 Å². The molecule has 0 spiro atoms. The number of benzene rings is 2. The van der Waals surface area contributed by atoms with Crippen molar-refractivity contribution < 1.29 is 9.13 Å². The molecule has 0 saturated heterocycles. The third-order valence-corrected chi connectivity index (χ3v) is 4.88. The van der Waals surface area contributed by atoms with Crippen molar-refractivity contribution in [2.75, 3.05) is 6.61 Å². The van der Waals surface area contributed by atoms with E-state index < -0.39 is 0 Å². The van der Waals surface area contributed by atoms with E-state index in [0.29, 0.717) is 23.8 Å². The van der Waals surface area contributed by atoms with Gasteiger partial charge in [0.15, 0.2) is 11.6 Å². The summed E-state index contributed by atoms with van der Waals surface area (Å²) >= 11 is 0. The molecule has 1 saturated carbocycles. The van der Waals surface area contributed by atoms with E-state index in [1.807, 2.05) is 12.1 Å². The Morgan fingerprint density at radius 1 is 1.09 bits per heavy atom. The molecule has 2 aromatic rings. The number of halogens is 1. The first kappa shape index (κ1) is 15.8.